The van der Waals surface area contributed by atoms with E-state index in [1.165, 1.54) is 7.11 Å². The lowest BCUT2D eigenvalue weighted by Gasteiger charge is -2.40. The lowest BCUT2D eigenvalue weighted by Crippen LogP contribution is -2.45. The van der Waals surface area contributed by atoms with Crippen molar-refractivity contribution in [1.29, 1.82) is 0 Å². The van der Waals surface area contributed by atoms with Gasteiger partial charge in [-0.3, -0.25) is 9.59 Å². The van der Waals surface area contributed by atoms with E-state index < -0.39 is 5.41 Å². The van der Waals surface area contributed by atoms with E-state index in [0.29, 0.717) is 11.5 Å². The number of esters is 1. The first kappa shape index (κ1) is 20.6. The minimum Gasteiger partial charge on any atom is -0.469 e. The van der Waals surface area contributed by atoms with Crippen LogP contribution in [0.25, 0.3) is 0 Å². The van der Waals surface area contributed by atoms with E-state index in [1.807, 2.05) is 30.9 Å². The number of hydrogen-bond acceptors (Lipinski definition) is 5. The van der Waals surface area contributed by atoms with Gasteiger partial charge in [0.1, 0.15) is 5.82 Å². The average Bonchev–Trinajstić information content (AvgIpc) is 2.73. The number of piperidine rings is 2. The summed E-state index contributed by atoms with van der Waals surface area (Å²) in [6, 6.07) is 3.82. The third kappa shape index (κ3) is 4.31. The van der Waals surface area contributed by atoms with E-state index in [9.17, 15) is 9.59 Å². The minimum absolute atomic E-state index is 0.0781. The Balaban J connectivity index is 1.66. The van der Waals surface area contributed by atoms with Crippen molar-refractivity contribution in [3.05, 3.63) is 23.9 Å². The number of likely N-dealkylation sites (tertiary alicyclic amines) is 1. The van der Waals surface area contributed by atoms with Crippen LogP contribution in [-0.4, -0.2) is 55.0 Å². The molecule has 2 saturated heterocycles. The van der Waals surface area contributed by atoms with Crippen LogP contribution >= 0.6 is 0 Å². The highest BCUT2D eigenvalue weighted by Gasteiger charge is 2.40. The monoisotopic (exact) mass is 387 g/mol. The van der Waals surface area contributed by atoms with Crippen LogP contribution in [-0.2, 0) is 9.53 Å². The number of anilines is 1. The number of hydrogen-bond donors (Lipinski definition) is 0. The maximum absolute atomic E-state index is 12.7. The van der Waals surface area contributed by atoms with Gasteiger partial charge < -0.3 is 14.5 Å². The summed E-state index contributed by atoms with van der Waals surface area (Å²) in [5.74, 6) is 1.70. The fraction of sp³-hybridized carbons (Fsp3) is 0.682. The summed E-state index contributed by atoms with van der Waals surface area (Å²) in [7, 11) is 1.45. The Bertz CT molecular complexity index is 693. The largest absolute Gasteiger partial charge is 0.469 e. The molecular formula is C22H33N3O3. The highest BCUT2D eigenvalue weighted by atomic mass is 16.5. The second kappa shape index (κ2) is 8.50. The van der Waals surface area contributed by atoms with Crippen molar-refractivity contribution in [2.24, 2.45) is 17.3 Å². The molecule has 1 amide bonds. The molecule has 0 aliphatic carbocycles. The van der Waals surface area contributed by atoms with E-state index in [-0.39, 0.29) is 17.8 Å². The van der Waals surface area contributed by atoms with Gasteiger partial charge >= 0.3 is 5.97 Å². The molecule has 1 unspecified atom stereocenters. The molecule has 0 N–H and O–H groups in total. The van der Waals surface area contributed by atoms with Crippen molar-refractivity contribution in [2.75, 3.05) is 38.2 Å². The molecule has 2 aliphatic heterocycles. The summed E-state index contributed by atoms with van der Waals surface area (Å²) < 4.78 is 5.00. The zero-order valence-corrected chi connectivity index (χ0v) is 17.6. The van der Waals surface area contributed by atoms with Gasteiger partial charge in [0.2, 0.25) is 0 Å². The topological polar surface area (TPSA) is 62.7 Å². The van der Waals surface area contributed by atoms with Gasteiger partial charge in [0.05, 0.1) is 18.1 Å². The fourth-order valence-corrected chi connectivity index (χ4v) is 4.30. The minimum atomic E-state index is -0.519. The summed E-state index contributed by atoms with van der Waals surface area (Å²) >= 11 is 0. The van der Waals surface area contributed by atoms with Gasteiger partial charge in [-0.05, 0) is 63.5 Å². The lowest BCUT2D eigenvalue weighted by atomic mass is 9.74. The van der Waals surface area contributed by atoms with Crippen LogP contribution in [0.4, 0.5) is 5.82 Å². The highest BCUT2D eigenvalue weighted by Crippen LogP contribution is 2.36. The molecule has 1 aromatic heterocycles. The molecular weight excluding hydrogens is 354 g/mol. The zero-order chi connectivity index (χ0) is 20.3. The summed E-state index contributed by atoms with van der Waals surface area (Å²) in [5, 5.41) is 0. The van der Waals surface area contributed by atoms with Crippen LogP contribution in [0.2, 0.25) is 0 Å². The average molecular weight is 388 g/mol. The molecule has 0 bridgehead atoms. The summed E-state index contributed by atoms with van der Waals surface area (Å²) in [5.41, 5.74) is 0.135. The number of amides is 1. The summed E-state index contributed by atoms with van der Waals surface area (Å²) in [6.45, 7) is 9.51. The van der Waals surface area contributed by atoms with Crippen LogP contribution < -0.4 is 4.90 Å². The molecule has 154 valence electrons. The molecule has 0 saturated carbocycles. The van der Waals surface area contributed by atoms with Gasteiger partial charge in [-0.1, -0.05) is 6.92 Å². The van der Waals surface area contributed by atoms with Gasteiger partial charge in [0.15, 0.2) is 0 Å². The summed E-state index contributed by atoms with van der Waals surface area (Å²) in [4.78, 5) is 33.6. The molecule has 6 nitrogen and oxygen atoms in total. The first-order valence-corrected chi connectivity index (χ1v) is 10.4. The first-order valence-electron chi connectivity index (χ1n) is 10.4. The molecule has 3 heterocycles. The number of ether oxygens (including phenoxy) is 1. The maximum atomic E-state index is 12.7. The van der Waals surface area contributed by atoms with E-state index in [2.05, 4.69) is 16.8 Å². The highest BCUT2D eigenvalue weighted by molar-refractivity contribution is 5.94. The summed E-state index contributed by atoms with van der Waals surface area (Å²) in [6.07, 6.45) is 5.86. The molecule has 1 aromatic rings. The second-order valence-electron chi connectivity index (χ2n) is 8.88. The first-order chi connectivity index (χ1) is 13.3. The van der Waals surface area contributed by atoms with Crippen molar-refractivity contribution < 1.29 is 14.3 Å². The number of carbonyl (C=O) groups is 2. The zero-order valence-electron chi connectivity index (χ0n) is 17.6. The predicted molar refractivity (Wildman–Crippen MR) is 109 cm³/mol. The molecule has 3 rings (SSSR count). The van der Waals surface area contributed by atoms with Crippen molar-refractivity contribution >= 4 is 17.7 Å². The number of methoxy groups -OCH3 is 1. The van der Waals surface area contributed by atoms with E-state index in [1.54, 1.807) is 6.20 Å². The maximum Gasteiger partial charge on any atom is 0.311 e. The number of carbonyl (C=O) groups excluding carboxylic acids is 2. The van der Waals surface area contributed by atoms with Crippen LogP contribution in [0, 0.1) is 17.3 Å². The van der Waals surface area contributed by atoms with Gasteiger partial charge in [-0.15, -0.1) is 0 Å². The number of pyridine rings is 1. The normalized spacial score (nSPS) is 21.5. The molecule has 1 atom stereocenters. The Hall–Kier alpha value is -2.11. The number of rotatable bonds is 4. The van der Waals surface area contributed by atoms with Crippen molar-refractivity contribution in [1.82, 2.24) is 9.88 Å². The SMILES string of the molecule is COC(=O)C(C)(C)C1CCCN(c2ccc(C(=O)N3CCC(C)CC3)cn2)C1. The molecule has 28 heavy (non-hydrogen) atoms. The van der Waals surface area contributed by atoms with Gasteiger partial charge in [-0.25, -0.2) is 4.98 Å². The van der Waals surface area contributed by atoms with Crippen LogP contribution in [0.5, 0.6) is 0 Å². The van der Waals surface area contributed by atoms with Crippen molar-refractivity contribution in [3.8, 4) is 0 Å². The Morgan fingerprint density at radius 1 is 1.14 bits per heavy atom. The Morgan fingerprint density at radius 2 is 1.86 bits per heavy atom. The Labute approximate surface area is 168 Å². The molecule has 0 spiro atoms. The van der Waals surface area contributed by atoms with Crippen LogP contribution in [0.15, 0.2) is 18.3 Å². The lowest BCUT2D eigenvalue weighted by molar-refractivity contribution is -0.154. The smallest absolute Gasteiger partial charge is 0.311 e. The Kier molecular flexibility index (Phi) is 6.26. The van der Waals surface area contributed by atoms with Crippen molar-refractivity contribution in [2.45, 2.75) is 46.5 Å². The third-order valence-corrected chi connectivity index (χ3v) is 6.54. The van der Waals surface area contributed by atoms with Crippen LogP contribution in [0.1, 0.15) is 56.8 Å². The van der Waals surface area contributed by atoms with Gasteiger partial charge in [0, 0.05) is 32.4 Å². The third-order valence-electron chi connectivity index (χ3n) is 6.54. The molecule has 0 radical (unpaired) electrons. The van der Waals surface area contributed by atoms with Gasteiger partial charge in [-0.2, -0.15) is 0 Å². The van der Waals surface area contributed by atoms with E-state index in [0.717, 1.165) is 57.7 Å². The van der Waals surface area contributed by atoms with Gasteiger partial charge in [0.25, 0.3) is 5.91 Å². The van der Waals surface area contributed by atoms with Crippen LogP contribution in [0.3, 0.4) is 0 Å². The van der Waals surface area contributed by atoms with Crippen molar-refractivity contribution in [3.63, 3.8) is 0 Å². The van der Waals surface area contributed by atoms with E-state index >= 15 is 0 Å². The quantitative estimate of drug-likeness (QED) is 0.741. The molecule has 2 aliphatic rings. The molecule has 2 fully saturated rings. The predicted octanol–water partition coefficient (Wildman–Crippen LogP) is 3.37. The molecule has 0 aromatic carbocycles. The number of aromatic nitrogens is 1. The second-order valence-corrected chi connectivity index (χ2v) is 8.88. The standard InChI is InChI=1S/C22H33N3O3/c1-16-9-12-24(13-10-16)20(26)17-7-8-19(23-14-17)25-11-5-6-18(15-25)22(2,3)21(27)28-4/h7-8,14,16,18H,5-6,9-13,15H2,1-4H3. The Morgan fingerprint density at radius 3 is 2.46 bits per heavy atom. The number of nitrogens with zero attached hydrogens (tertiary/aromatic N) is 3. The van der Waals surface area contributed by atoms with E-state index in [4.69, 9.17) is 4.74 Å². The molecule has 6 heteroatoms. The fourth-order valence-electron chi connectivity index (χ4n) is 4.30.